The minimum Gasteiger partial charge on any atom is -0.341 e. The van der Waals surface area contributed by atoms with Gasteiger partial charge in [0.1, 0.15) is 0 Å². The predicted molar refractivity (Wildman–Crippen MR) is 128 cm³/mol. The molecule has 0 bridgehead atoms. The van der Waals surface area contributed by atoms with E-state index >= 15 is 0 Å². The summed E-state index contributed by atoms with van der Waals surface area (Å²) in [6.45, 7) is 5.90. The molecule has 4 rings (SSSR count). The van der Waals surface area contributed by atoms with E-state index < -0.39 is 0 Å². The molecule has 1 amide bonds. The van der Waals surface area contributed by atoms with Gasteiger partial charge in [-0.2, -0.15) is 0 Å². The normalized spacial score (nSPS) is 19.0. The summed E-state index contributed by atoms with van der Waals surface area (Å²) in [5.41, 5.74) is 0.950. The van der Waals surface area contributed by atoms with Crippen molar-refractivity contribution in [3.63, 3.8) is 0 Å². The first-order valence-electron chi connectivity index (χ1n) is 10.2. The first-order chi connectivity index (χ1) is 14.8. The number of hydrogen-bond acceptors (Lipinski definition) is 4. The van der Waals surface area contributed by atoms with Gasteiger partial charge in [-0.3, -0.25) is 14.2 Å². The summed E-state index contributed by atoms with van der Waals surface area (Å²) in [4.78, 5) is 32.8. The van der Waals surface area contributed by atoms with E-state index in [-0.39, 0.29) is 17.2 Å². The SMILES string of the molecule is C[C@@H]1C[C@H](C)CN(C(=O)CSc2nc3cc(Cl)ccc3c(=O)n2-c2ccc(Cl)cc2)C1. The highest BCUT2D eigenvalue weighted by Crippen LogP contribution is 2.26. The summed E-state index contributed by atoms with van der Waals surface area (Å²) in [5.74, 6) is 1.26. The first kappa shape index (κ1) is 22.2. The lowest BCUT2D eigenvalue weighted by Crippen LogP contribution is -2.43. The minimum absolute atomic E-state index is 0.0616. The molecular formula is C23H23Cl2N3O2S. The van der Waals surface area contributed by atoms with Gasteiger partial charge in [-0.1, -0.05) is 48.8 Å². The third-order valence-electron chi connectivity index (χ3n) is 5.43. The van der Waals surface area contributed by atoms with Crippen LogP contribution in [0.1, 0.15) is 20.3 Å². The van der Waals surface area contributed by atoms with Crippen molar-refractivity contribution >= 4 is 51.8 Å². The molecule has 0 spiro atoms. The molecule has 1 fully saturated rings. The summed E-state index contributed by atoms with van der Waals surface area (Å²) in [6.07, 6.45) is 1.14. The zero-order valence-corrected chi connectivity index (χ0v) is 19.7. The number of thioether (sulfide) groups is 1. The second-order valence-corrected chi connectivity index (χ2v) is 10.0. The van der Waals surface area contributed by atoms with Crippen molar-refractivity contribution in [2.75, 3.05) is 18.8 Å². The summed E-state index contributed by atoms with van der Waals surface area (Å²) in [5, 5.41) is 2.00. The van der Waals surface area contributed by atoms with Gasteiger partial charge in [0.25, 0.3) is 5.56 Å². The van der Waals surface area contributed by atoms with Crippen LogP contribution < -0.4 is 5.56 Å². The Morgan fingerprint density at radius 2 is 1.71 bits per heavy atom. The summed E-state index contributed by atoms with van der Waals surface area (Å²) in [7, 11) is 0. The Kier molecular flexibility index (Phi) is 6.60. The fourth-order valence-electron chi connectivity index (χ4n) is 4.14. The molecule has 0 aliphatic carbocycles. The van der Waals surface area contributed by atoms with Crippen LogP contribution >= 0.6 is 35.0 Å². The van der Waals surface area contributed by atoms with Crippen LogP contribution in [0.25, 0.3) is 16.6 Å². The standard InChI is InChI=1S/C23H23Cl2N3O2S/c1-14-9-15(2)12-27(11-14)21(29)13-31-23-26-20-10-17(25)5-8-19(20)22(30)28(23)18-6-3-16(24)4-7-18/h3-8,10,14-15H,9,11-13H2,1-2H3/t14-,15+. The summed E-state index contributed by atoms with van der Waals surface area (Å²) >= 11 is 13.4. The zero-order chi connectivity index (χ0) is 22.1. The van der Waals surface area contributed by atoms with E-state index in [0.717, 1.165) is 19.5 Å². The second-order valence-electron chi connectivity index (χ2n) is 8.21. The number of benzene rings is 2. The Labute approximate surface area is 195 Å². The number of nitrogens with zero attached hydrogens (tertiary/aromatic N) is 3. The average Bonchev–Trinajstić information content (AvgIpc) is 2.72. The molecule has 1 saturated heterocycles. The van der Waals surface area contributed by atoms with Gasteiger partial charge >= 0.3 is 0 Å². The van der Waals surface area contributed by atoms with E-state index in [1.165, 1.54) is 16.3 Å². The Morgan fingerprint density at radius 3 is 2.39 bits per heavy atom. The highest BCUT2D eigenvalue weighted by atomic mass is 35.5. The lowest BCUT2D eigenvalue weighted by Gasteiger charge is -2.35. The predicted octanol–water partition coefficient (Wildman–Crippen LogP) is 5.29. The highest BCUT2D eigenvalue weighted by molar-refractivity contribution is 7.99. The molecule has 0 N–H and O–H groups in total. The van der Waals surface area contributed by atoms with E-state index in [0.29, 0.717) is 43.6 Å². The molecule has 5 nitrogen and oxygen atoms in total. The number of aromatic nitrogens is 2. The van der Waals surface area contributed by atoms with Crippen LogP contribution in [0.4, 0.5) is 0 Å². The molecule has 8 heteroatoms. The number of carbonyl (C=O) groups is 1. The monoisotopic (exact) mass is 475 g/mol. The topological polar surface area (TPSA) is 55.2 Å². The maximum absolute atomic E-state index is 13.3. The minimum atomic E-state index is -0.209. The Morgan fingerprint density at radius 1 is 1.06 bits per heavy atom. The number of fused-ring (bicyclic) bond motifs is 1. The van der Waals surface area contributed by atoms with Crippen LogP contribution in [0.2, 0.25) is 10.0 Å². The van der Waals surface area contributed by atoms with Gasteiger partial charge in [-0.15, -0.1) is 0 Å². The Balaban J connectivity index is 1.70. The number of hydrogen-bond donors (Lipinski definition) is 0. The average molecular weight is 476 g/mol. The van der Waals surface area contributed by atoms with Crippen LogP contribution in [0.15, 0.2) is 52.4 Å². The summed E-state index contributed by atoms with van der Waals surface area (Å²) in [6, 6.07) is 12.0. The number of halogens is 2. The number of piperidine rings is 1. The van der Waals surface area contributed by atoms with Crippen molar-refractivity contribution in [2.45, 2.75) is 25.4 Å². The maximum atomic E-state index is 13.3. The van der Waals surface area contributed by atoms with Gasteiger partial charge in [0, 0.05) is 23.1 Å². The van der Waals surface area contributed by atoms with Crippen LogP contribution in [-0.4, -0.2) is 39.2 Å². The van der Waals surface area contributed by atoms with Gasteiger partial charge in [-0.25, -0.2) is 4.98 Å². The van der Waals surface area contributed by atoms with Crippen molar-refractivity contribution in [1.82, 2.24) is 14.5 Å². The third-order valence-corrected chi connectivity index (χ3v) is 6.84. The molecule has 1 aliphatic heterocycles. The van der Waals surface area contributed by atoms with Crippen molar-refractivity contribution in [3.8, 4) is 5.69 Å². The van der Waals surface area contributed by atoms with Gasteiger partial charge in [0.15, 0.2) is 5.16 Å². The summed E-state index contributed by atoms with van der Waals surface area (Å²) < 4.78 is 1.53. The molecule has 3 aromatic rings. The molecule has 1 aromatic heterocycles. The lowest BCUT2D eigenvalue weighted by molar-refractivity contribution is -0.130. The van der Waals surface area contributed by atoms with E-state index in [2.05, 4.69) is 18.8 Å². The van der Waals surface area contributed by atoms with E-state index in [1.807, 2.05) is 4.90 Å². The van der Waals surface area contributed by atoms with Crippen LogP contribution in [0, 0.1) is 11.8 Å². The van der Waals surface area contributed by atoms with Crippen molar-refractivity contribution in [1.29, 1.82) is 0 Å². The number of likely N-dealkylation sites (tertiary alicyclic amines) is 1. The Hall–Kier alpha value is -2.02. The van der Waals surface area contributed by atoms with Gasteiger partial charge in [-0.05, 0) is 60.7 Å². The molecule has 31 heavy (non-hydrogen) atoms. The molecule has 0 radical (unpaired) electrons. The first-order valence-corrected chi connectivity index (χ1v) is 11.9. The quantitative estimate of drug-likeness (QED) is 0.379. The van der Waals surface area contributed by atoms with Crippen LogP contribution in [-0.2, 0) is 4.79 Å². The van der Waals surface area contributed by atoms with Crippen molar-refractivity contribution in [3.05, 3.63) is 62.9 Å². The fraction of sp³-hybridized carbons (Fsp3) is 0.348. The second kappa shape index (κ2) is 9.23. The van der Waals surface area contributed by atoms with Crippen molar-refractivity contribution < 1.29 is 4.79 Å². The Bertz CT molecular complexity index is 1170. The molecular weight excluding hydrogens is 453 g/mol. The fourth-order valence-corrected chi connectivity index (χ4v) is 5.35. The highest BCUT2D eigenvalue weighted by Gasteiger charge is 2.26. The van der Waals surface area contributed by atoms with Crippen LogP contribution in [0.3, 0.4) is 0 Å². The molecule has 1 aliphatic rings. The number of amides is 1. The lowest BCUT2D eigenvalue weighted by atomic mass is 9.92. The van der Waals surface area contributed by atoms with E-state index in [4.69, 9.17) is 23.2 Å². The smallest absolute Gasteiger partial charge is 0.266 e. The van der Waals surface area contributed by atoms with Gasteiger partial charge in [0.2, 0.25) is 5.91 Å². The van der Waals surface area contributed by atoms with Crippen LogP contribution in [0.5, 0.6) is 0 Å². The molecule has 2 aromatic carbocycles. The molecule has 2 atom stereocenters. The molecule has 2 heterocycles. The largest absolute Gasteiger partial charge is 0.341 e. The number of carbonyl (C=O) groups excluding carboxylic acids is 1. The number of rotatable bonds is 4. The van der Waals surface area contributed by atoms with Gasteiger partial charge in [0.05, 0.1) is 22.3 Å². The van der Waals surface area contributed by atoms with Crippen molar-refractivity contribution in [2.24, 2.45) is 11.8 Å². The molecule has 162 valence electrons. The van der Waals surface area contributed by atoms with E-state index in [1.54, 1.807) is 42.5 Å². The maximum Gasteiger partial charge on any atom is 0.266 e. The third kappa shape index (κ3) is 4.92. The van der Waals surface area contributed by atoms with Gasteiger partial charge < -0.3 is 4.90 Å². The zero-order valence-electron chi connectivity index (χ0n) is 17.3. The molecule has 0 unspecified atom stereocenters. The van der Waals surface area contributed by atoms with E-state index in [9.17, 15) is 9.59 Å². The molecule has 0 saturated carbocycles.